The minimum atomic E-state index is -0.801. The number of nitro groups is 1. The molecule has 0 radical (unpaired) electrons. The van der Waals surface area contributed by atoms with Crippen LogP contribution in [0.25, 0.3) is 0 Å². The maximum Gasteiger partial charge on any atom is 0.314 e. The molecule has 0 aliphatic rings. The molecular formula is C14H12F2N2O3. The van der Waals surface area contributed by atoms with E-state index in [0.29, 0.717) is 11.6 Å². The fraction of sp³-hybridized carbons (Fsp3) is 0.143. The highest BCUT2D eigenvalue weighted by Crippen LogP contribution is 2.36. The monoisotopic (exact) mass is 294 g/mol. The van der Waals surface area contributed by atoms with Crippen molar-refractivity contribution in [3.8, 4) is 11.5 Å². The van der Waals surface area contributed by atoms with Gasteiger partial charge in [-0.05, 0) is 25.1 Å². The van der Waals surface area contributed by atoms with E-state index >= 15 is 0 Å². The Kier molecular flexibility index (Phi) is 4.13. The van der Waals surface area contributed by atoms with Crippen molar-refractivity contribution in [1.29, 1.82) is 0 Å². The molecule has 7 heteroatoms. The van der Waals surface area contributed by atoms with Crippen molar-refractivity contribution in [3.63, 3.8) is 0 Å². The third kappa shape index (κ3) is 3.14. The predicted molar refractivity (Wildman–Crippen MR) is 72.1 cm³/mol. The first kappa shape index (κ1) is 14.9. The quantitative estimate of drug-likeness (QED) is 0.689. The van der Waals surface area contributed by atoms with E-state index in [-0.39, 0.29) is 11.5 Å². The summed E-state index contributed by atoms with van der Waals surface area (Å²) in [6, 6.07) is 6.41. The number of ether oxygens (including phenoxy) is 1. The smallest absolute Gasteiger partial charge is 0.314 e. The molecule has 0 spiro atoms. The molecule has 0 aromatic heterocycles. The first-order valence-electron chi connectivity index (χ1n) is 6.06. The van der Waals surface area contributed by atoms with E-state index in [0.717, 1.165) is 18.2 Å². The first-order valence-corrected chi connectivity index (χ1v) is 6.06. The van der Waals surface area contributed by atoms with Crippen LogP contribution in [0.2, 0.25) is 0 Å². The lowest BCUT2D eigenvalue weighted by atomic mass is 10.1. The highest BCUT2D eigenvalue weighted by molar-refractivity contribution is 5.50. The van der Waals surface area contributed by atoms with Crippen molar-refractivity contribution in [2.75, 3.05) is 0 Å². The van der Waals surface area contributed by atoms with Crippen LogP contribution in [0.5, 0.6) is 11.5 Å². The van der Waals surface area contributed by atoms with Crippen LogP contribution >= 0.6 is 0 Å². The van der Waals surface area contributed by atoms with Gasteiger partial charge >= 0.3 is 5.69 Å². The number of hydrogen-bond acceptors (Lipinski definition) is 4. The average Bonchev–Trinajstić information content (AvgIpc) is 2.42. The lowest BCUT2D eigenvalue weighted by Gasteiger charge is -2.14. The van der Waals surface area contributed by atoms with Crippen molar-refractivity contribution >= 4 is 5.69 Å². The maximum atomic E-state index is 13.9. The Balaban J connectivity index is 2.51. The van der Waals surface area contributed by atoms with Crippen LogP contribution in [0.1, 0.15) is 18.5 Å². The Morgan fingerprint density at radius 3 is 2.62 bits per heavy atom. The first-order chi connectivity index (χ1) is 9.90. The van der Waals surface area contributed by atoms with Crippen molar-refractivity contribution in [3.05, 3.63) is 63.7 Å². The van der Waals surface area contributed by atoms with Gasteiger partial charge in [-0.2, -0.15) is 0 Å². The van der Waals surface area contributed by atoms with Crippen LogP contribution in [-0.2, 0) is 0 Å². The van der Waals surface area contributed by atoms with Crippen molar-refractivity contribution in [2.24, 2.45) is 5.73 Å². The average molecular weight is 294 g/mol. The molecule has 0 bridgehead atoms. The minimum Gasteiger partial charge on any atom is -0.447 e. The largest absolute Gasteiger partial charge is 0.447 e. The molecule has 0 amide bonds. The lowest BCUT2D eigenvalue weighted by Crippen LogP contribution is -2.08. The Hall–Kier alpha value is -2.54. The van der Waals surface area contributed by atoms with Crippen molar-refractivity contribution in [1.82, 2.24) is 0 Å². The summed E-state index contributed by atoms with van der Waals surface area (Å²) < 4.78 is 32.2. The molecule has 21 heavy (non-hydrogen) atoms. The van der Waals surface area contributed by atoms with E-state index in [2.05, 4.69) is 0 Å². The molecule has 2 aromatic rings. The number of nitrogens with zero attached hydrogens (tertiary/aromatic N) is 1. The van der Waals surface area contributed by atoms with E-state index in [1.807, 2.05) is 0 Å². The summed E-state index contributed by atoms with van der Waals surface area (Å²) in [5, 5.41) is 10.9. The number of para-hydroxylation sites is 1. The molecule has 0 saturated heterocycles. The Labute approximate surface area is 119 Å². The van der Waals surface area contributed by atoms with Gasteiger partial charge in [-0.25, -0.2) is 8.78 Å². The zero-order chi connectivity index (χ0) is 15.6. The van der Waals surface area contributed by atoms with Gasteiger partial charge in [-0.1, -0.05) is 12.1 Å². The number of halogens is 2. The molecule has 1 atom stereocenters. The van der Waals surface area contributed by atoms with Gasteiger partial charge in [0, 0.05) is 11.6 Å². The summed E-state index contributed by atoms with van der Waals surface area (Å²) in [6.07, 6.45) is 0. The van der Waals surface area contributed by atoms with Gasteiger partial charge in [0.25, 0.3) is 0 Å². The summed E-state index contributed by atoms with van der Waals surface area (Å²) in [5.41, 5.74) is 5.48. The van der Waals surface area contributed by atoms with Gasteiger partial charge < -0.3 is 10.5 Å². The third-order valence-electron chi connectivity index (χ3n) is 2.82. The van der Waals surface area contributed by atoms with E-state index in [1.165, 1.54) is 6.07 Å². The number of nitro benzene ring substituents is 1. The van der Waals surface area contributed by atoms with Gasteiger partial charge in [-0.3, -0.25) is 10.1 Å². The van der Waals surface area contributed by atoms with Gasteiger partial charge in [0.2, 0.25) is 5.75 Å². The van der Waals surface area contributed by atoms with Crippen molar-refractivity contribution < 1.29 is 18.4 Å². The molecule has 0 heterocycles. The molecule has 0 aliphatic carbocycles. The van der Waals surface area contributed by atoms with E-state index in [9.17, 15) is 18.9 Å². The third-order valence-corrected chi connectivity index (χ3v) is 2.82. The summed E-state index contributed by atoms with van der Waals surface area (Å²) in [7, 11) is 0. The topological polar surface area (TPSA) is 78.4 Å². The summed E-state index contributed by atoms with van der Waals surface area (Å²) in [4.78, 5) is 10.1. The van der Waals surface area contributed by atoms with E-state index in [1.54, 1.807) is 13.0 Å². The fourth-order valence-electron chi connectivity index (χ4n) is 1.82. The molecular weight excluding hydrogens is 282 g/mol. The number of nitrogens with two attached hydrogens (primary N) is 1. The standard InChI is InChI=1S/C14H12F2N2O3/c1-8(17)10-3-2-4-11(16)14(10)21-13-6-5-9(15)7-12(13)18(19)20/h2-8H,17H2,1H3/t8-/m0/s1. The second-order valence-corrected chi connectivity index (χ2v) is 4.42. The Morgan fingerprint density at radius 1 is 1.29 bits per heavy atom. The van der Waals surface area contributed by atoms with Crippen LogP contribution in [0.4, 0.5) is 14.5 Å². The highest BCUT2D eigenvalue weighted by atomic mass is 19.1. The second-order valence-electron chi connectivity index (χ2n) is 4.42. The molecule has 2 aromatic carbocycles. The Bertz CT molecular complexity index is 690. The van der Waals surface area contributed by atoms with E-state index in [4.69, 9.17) is 10.5 Å². The normalized spacial score (nSPS) is 12.0. The van der Waals surface area contributed by atoms with Crippen LogP contribution in [0.15, 0.2) is 36.4 Å². The zero-order valence-electron chi connectivity index (χ0n) is 11.0. The molecule has 0 saturated carbocycles. The minimum absolute atomic E-state index is 0.206. The summed E-state index contributed by atoms with van der Waals surface area (Å²) in [6.45, 7) is 1.63. The zero-order valence-corrected chi connectivity index (χ0v) is 11.0. The molecule has 0 unspecified atom stereocenters. The molecule has 0 aliphatic heterocycles. The Morgan fingerprint density at radius 2 is 2.00 bits per heavy atom. The van der Waals surface area contributed by atoms with Gasteiger partial charge in [-0.15, -0.1) is 0 Å². The van der Waals surface area contributed by atoms with Crippen LogP contribution in [-0.4, -0.2) is 4.92 Å². The SMILES string of the molecule is C[C@H](N)c1cccc(F)c1Oc1ccc(F)cc1[N+](=O)[O-]. The molecule has 2 N–H and O–H groups in total. The van der Waals surface area contributed by atoms with Gasteiger partial charge in [0.05, 0.1) is 11.0 Å². The fourth-order valence-corrected chi connectivity index (χ4v) is 1.82. The van der Waals surface area contributed by atoms with Gasteiger partial charge in [0.1, 0.15) is 5.82 Å². The molecule has 110 valence electrons. The second kappa shape index (κ2) is 5.84. The lowest BCUT2D eigenvalue weighted by molar-refractivity contribution is -0.385. The number of rotatable bonds is 4. The van der Waals surface area contributed by atoms with Crippen LogP contribution < -0.4 is 10.5 Å². The molecule has 5 nitrogen and oxygen atoms in total. The molecule has 2 rings (SSSR count). The van der Waals surface area contributed by atoms with Crippen molar-refractivity contribution in [2.45, 2.75) is 13.0 Å². The summed E-state index contributed by atoms with van der Waals surface area (Å²) in [5.74, 6) is -1.95. The van der Waals surface area contributed by atoms with Gasteiger partial charge in [0.15, 0.2) is 11.6 Å². The molecule has 0 fully saturated rings. The van der Waals surface area contributed by atoms with E-state index < -0.39 is 28.3 Å². The number of benzene rings is 2. The highest BCUT2D eigenvalue weighted by Gasteiger charge is 2.21. The maximum absolute atomic E-state index is 13.9. The van der Waals surface area contributed by atoms with Crippen LogP contribution in [0.3, 0.4) is 0 Å². The van der Waals surface area contributed by atoms with Crippen LogP contribution in [0, 0.1) is 21.7 Å². The summed E-state index contributed by atoms with van der Waals surface area (Å²) >= 11 is 0. The predicted octanol–water partition coefficient (Wildman–Crippen LogP) is 3.69. The number of hydrogen-bond donors (Lipinski definition) is 1.